The fraction of sp³-hybridized carbons (Fsp3) is 0.300. The molecule has 3 rings (SSSR count). The number of alkyl halides is 3. The van der Waals surface area contributed by atoms with Gasteiger partial charge in [0.1, 0.15) is 17.4 Å². The maximum Gasteiger partial charge on any atom is 0.573 e. The van der Waals surface area contributed by atoms with E-state index in [0.717, 1.165) is 24.3 Å². The first-order valence-electron chi connectivity index (χ1n) is 9.48. The number of ether oxygens (including phenoxy) is 1. The summed E-state index contributed by atoms with van der Waals surface area (Å²) in [6.07, 6.45) is -4.78. The van der Waals surface area contributed by atoms with Crippen molar-refractivity contribution >= 4 is 34.6 Å². The van der Waals surface area contributed by atoms with Gasteiger partial charge in [-0.05, 0) is 48.6 Å². The van der Waals surface area contributed by atoms with Crippen molar-refractivity contribution < 1.29 is 31.5 Å². The van der Waals surface area contributed by atoms with Crippen LogP contribution in [0.4, 0.5) is 33.3 Å². The van der Waals surface area contributed by atoms with Crippen LogP contribution in [0.2, 0.25) is 0 Å². The summed E-state index contributed by atoms with van der Waals surface area (Å²) < 4.78 is 67.1. The molecule has 1 saturated heterocycles. The summed E-state index contributed by atoms with van der Waals surface area (Å²) in [5.41, 5.74) is 0.416. The molecule has 2 aromatic carbocycles. The smallest absolute Gasteiger partial charge is 0.406 e. The summed E-state index contributed by atoms with van der Waals surface area (Å²) in [6, 6.07) is 8.00. The quantitative estimate of drug-likeness (QED) is 0.508. The first-order chi connectivity index (χ1) is 15.1. The lowest BCUT2D eigenvalue weighted by atomic mass is 10.3. The molecule has 0 atom stereocenters. The van der Waals surface area contributed by atoms with Gasteiger partial charge in [0.2, 0.25) is 5.91 Å². The Bertz CT molecular complexity index is 963. The Labute approximate surface area is 185 Å². The molecular weight excluding hydrogens is 455 g/mol. The van der Waals surface area contributed by atoms with Gasteiger partial charge in [-0.15, -0.1) is 13.2 Å². The van der Waals surface area contributed by atoms with Crippen LogP contribution in [0, 0.1) is 11.6 Å². The molecule has 12 heteroatoms. The van der Waals surface area contributed by atoms with Gasteiger partial charge in [-0.2, -0.15) is 0 Å². The molecule has 172 valence electrons. The van der Waals surface area contributed by atoms with Gasteiger partial charge in [0, 0.05) is 37.9 Å². The predicted octanol–water partition coefficient (Wildman–Crippen LogP) is 3.82. The van der Waals surface area contributed by atoms with Gasteiger partial charge in [0.05, 0.1) is 12.2 Å². The average Bonchev–Trinajstić information content (AvgIpc) is 2.71. The second kappa shape index (κ2) is 10.1. The number of hydrogen-bond acceptors (Lipinski definition) is 4. The molecule has 0 unspecified atom stereocenters. The normalized spacial score (nSPS) is 14.7. The standard InChI is InChI=1S/C20H19F5N4O2S/c21-13-1-6-17(16(22)11-13)27-19(32)29-9-7-28(8-10-29)12-18(30)26-14-2-4-15(5-3-14)31-20(23,24)25/h1-6,11H,7-10,12H2,(H,26,30)(H,27,32). The number of benzene rings is 2. The van der Waals surface area contributed by atoms with Crippen molar-refractivity contribution in [2.45, 2.75) is 6.36 Å². The molecular formula is C20H19F5N4O2S. The average molecular weight is 474 g/mol. The lowest BCUT2D eigenvalue weighted by Gasteiger charge is -2.35. The molecule has 1 aliphatic heterocycles. The van der Waals surface area contributed by atoms with Crippen LogP contribution in [-0.2, 0) is 4.79 Å². The number of halogens is 5. The van der Waals surface area contributed by atoms with Gasteiger partial charge >= 0.3 is 6.36 Å². The SMILES string of the molecule is O=C(CN1CCN(C(=S)Nc2ccc(F)cc2F)CC1)Nc1ccc(OC(F)(F)F)cc1. The third-order valence-electron chi connectivity index (χ3n) is 4.57. The number of nitrogens with one attached hydrogen (secondary N) is 2. The number of amides is 1. The van der Waals surface area contributed by atoms with E-state index in [1.807, 2.05) is 9.80 Å². The fourth-order valence-corrected chi connectivity index (χ4v) is 3.33. The van der Waals surface area contributed by atoms with E-state index in [0.29, 0.717) is 37.0 Å². The Kier molecular flexibility index (Phi) is 7.46. The first kappa shape index (κ1) is 23.7. The van der Waals surface area contributed by atoms with Gasteiger partial charge in [-0.3, -0.25) is 9.69 Å². The predicted molar refractivity (Wildman–Crippen MR) is 112 cm³/mol. The molecule has 1 heterocycles. The minimum absolute atomic E-state index is 0.0739. The number of anilines is 2. The van der Waals surface area contributed by atoms with E-state index in [-0.39, 0.29) is 23.9 Å². The van der Waals surface area contributed by atoms with Gasteiger partial charge in [-0.1, -0.05) is 0 Å². The minimum atomic E-state index is -4.78. The van der Waals surface area contributed by atoms with Crippen molar-refractivity contribution in [3.63, 3.8) is 0 Å². The Morgan fingerprint density at radius 1 is 1.00 bits per heavy atom. The molecule has 2 aromatic rings. The number of carbonyl (C=O) groups is 1. The largest absolute Gasteiger partial charge is 0.573 e. The zero-order valence-electron chi connectivity index (χ0n) is 16.6. The van der Waals surface area contributed by atoms with Crippen LogP contribution < -0.4 is 15.4 Å². The highest BCUT2D eigenvalue weighted by atomic mass is 32.1. The third-order valence-corrected chi connectivity index (χ3v) is 4.93. The van der Waals surface area contributed by atoms with Crippen molar-refractivity contribution in [3.8, 4) is 5.75 Å². The van der Waals surface area contributed by atoms with E-state index in [9.17, 15) is 26.7 Å². The van der Waals surface area contributed by atoms with E-state index in [2.05, 4.69) is 15.4 Å². The number of thiocarbonyl (C=S) groups is 1. The van der Waals surface area contributed by atoms with Crippen molar-refractivity contribution in [1.29, 1.82) is 0 Å². The lowest BCUT2D eigenvalue weighted by Crippen LogP contribution is -2.51. The van der Waals surface area contributed by atoms with Crippen molar-refractivity contribution in [2.75, 3.05) is 43.4 Å². The number of nitrogens with zero attached hydrogens (tertiary/aromatic N) is 2. The monoisotopic (exact) mass is 474 g/mol. The van der Waals surface area contributed by atoms with E-state index in [4.69, 9.17) is 12.2 Å². The molecule has 2 N–H and O–H groups in total. The molecule has 0 spiro atoms. The van der Waals surface area contributed by atoms with Crippen LogP contribution in [0.15, 0.2) is 42.5 Å². The Hall–Kier alpha value is -2.99. The van der Waals surface area contributed by atoms with E-state index in [1.54, 1.807) is 0 Å². The number of hydrogen-bond donors (Lipinski definition) is 2. The molecule has 0 bridgehead atoms. The van der Waals surface area contributed by atoms with E-state index >= 15 is 0 Å². The first-order valence-corrected chi connectivity index (χ1v) is 9.89. The highest BCUT2D eigenvalue weighted by Gasteiger charge is 2.31. The molecule has 6 nitrogen and oxygen atoms in total. The highest BCUT2D eigenvalue weighted by Crippen LogP contribution is 2.24. The second-order valence-corrected chi connectivity index (χ2v) is 7.32. The topological polar surface area (TPSA) is 56.8 Å². The fourth-order valence-electron chi connectivity index (χ4n) is 3.04. The summed E-state index contributed by atoms with van der Waals surface area (Å²) in [5, 5.41) is 5.66. The molecule has 1 aliphatic rings. The molecule has 1 amide bonds. The molecule has 32 heavy (non-hydrogen) atoms. The minimum Gasteiger partial charge on any atom is -0.406 e. The van der Waals surface area contributed by atoms with E-state index < -0.39 is 18.0 Å². The van der Waals surface area contributed by atoms with Crippen molar-refractivity contribution in [3.05, 3.63) is 54.1 Å². The Balaban J connectivity index is 1.43. The van der Waals surface area contributed by atoms with Crippen LogP contribution in [0.1, 0.15) is 0 Å². The van der Waals surface area contributed by atoms with Gasteiger partial charge < -0.3 is 20.3 Å². The zero-order chi connectivity index (χ0) is 23.3. The summed E-state index contributed by atoms with van der Waals surface area (Å²) in [5.74, 6) is -2.13. The number of rotatable bonds is 5. The summed E-state index contributed by atoms with van der Waals surface area (Å²) in [4.78, 5) is 15.9. The molecule has 0 aromatic heterocycles. The van der Waals surface area contributed by atoms with Crippen LogP contribution in [-0.4, -0.2) is 59.9 Å². The van der Waals surface area contributed by atoms with Gasteiger partial charge in [0.25, 0.3) is 0 Å². The molecule has 1 fully saturated rings. The molecule has 0 radical (unpaired) electrons. The Morgan fingerprint density at radius 2 is 1.66 bits per heavy atom. The van der Waals surface area contributed by atoms with E-state index in [1.165, 1.54) is 18.2 Å². The van der Waals surface area contributed by atoms with Crippen LogP contribution >= 0.6 is 12.2 Å². The van der Waals surface area contributed by atoms with Crippen molar-refractivity contribution in [2.24, 2.45) is 0 Å². The lowest BCUT2D eigenvalue weighted by molar-refractivity contribution is -0.274. The second-order valence-electron chi connectivity index (χ2n) is 6.94. The highest BCUT2D eigenvalue weighted by molar-refractivity contribution is 7.80. The maximum absolute atomic E-state index is 13.8. The zero-order valence-corrected chi connectivity index (χ0v) is 17.4. The third kappa shape index (κ3) is 7.02. The van der Waals surface area contributed by atoms with Crippen LogP contribution in [0.3, 0.4) is 0 Å². The summed E-state index contributed by atoms with van der Waals surface area (Å²) >= 11 is 5.28. The number of carbonyl (C=O) groups excluding carboxylic acids is 1. The van der Waals surface area contributed by atoms with Crippen molar-refractivity contribution in [1.82, 2.24) is 9.80 Å². The maximum atomic E-state index is 13.8. The summed E-state index contributed by atoms with van der Waals surface area (Å²) in [7, 11) is 0. The molecule has 0 saturated carbocycles. The number of piperazine rings is 1. The molecule has 0 aliphatic carbocycles. The van der Waals surface area contributed by atoms with Gasteiger partial charge in [-0.25, -0.2) is 8.78 Å². The van der Waals surface area contributed by atoms with Crippen LogP contribution in [0.5, 0.6) is 5.75 Å². The van der Waals surface area contributed by atoms with Crippen LogP contribution in [0.25, 0.3) is 0 Å². The summed E-state index contributed by atoms with van der Waals surface area (Å²) in [6.45, 7) is 2.09. The van der Waals surface area contributed by atoms with Gasteiger partial charge in [0.15, 0.2) is 5.11 Å². The Morgan fingerprint density at radius 3 is 2.25 bits per heavy atom.